The molecule has 1 aromatic carbocycles. The summed E-state index contributed by atoms with van der Waals surface area (Å²) in [5.41, 5.74) is 2.99. The molecule has 0 spiro atoms. The van der Waals surface area contributed by atoms with Gasteiger partial charge in [0.15, 0.2) is 0 Å². The van der Waals surface area contributed by atoms with Gasteiger partial charge in [0, 0.05) is 25.8 Å². The summed E-state index contributed by atoms with van der Waals surface area (Å²) < 4.78 is 1.95. The molecule has 0 aliphatic carbocycles. The van der Waals surface area contributed by atoms with Crippen LogP contribution in [-0.4, -0.2) is 56.1 Å². The quantitative estimate of drug-likeness (QED) is 0.358. The topological polar surface area (TPSA) is 115 Å². The van der Waals surface area contributed by atoms with Crippen LogP contribution in [0.1, 0.15) is 11.3 Å². The number of nitrogens with zero attached hydrogens (tertiary/aromatic N) is 3. The largest absolute Gasteiger partial charge is 0.506 e. The first-order valence-electron chi connectivity index (χ1n) is 8.51. The van der Waals surface area contributed by atoms with Gasteiger partial charge in [0.2, 0.25) is 5.95 Å². The number of pyridine rings is 1. The van der Waals surface area contributed by atoms with E-state index in [4.69, 9.17) is 5.11 Å². The molecule has 0 radical (unpaired) electrons. The SMILES string of the molecule is OCCNCCNc1nc2cc(CO)ccc2n1Cc1ncccc1O. The van der Waals surface area contributed by atoms with Crippen molar-refractivity contribution in [1.29, 1.82) is 0 Å². The Balaban J connectivity index is 1.89. The van der Waals surface area contributed by atoms with Crippen molar-refractivity contribution in [2.24, 2.45) is 0 Å². The second kappa shape index (κ2) is 8.61. The third-order valence-corrected chi connectivity index (χ3v) is 4.04. The first-order chi connectivity index (χ1) is 12.7. The predicted octanol–water partition coefficient (Wildman–Crippen LogP) is 0.671. The zero-order valence-corrected chi connectivity index (χ0v) is 14.4. The Kier molecular flexibility index (Phi) is 6.00. The van der Waals surface area contributed by atoms with E-state index < -0.39 is 0 Å². The molecule has 0 fully saturated rings. The minimum atomic E-state index is -0.0440. The van der Waals surface area contributed by atoms with E-state index in [-0.39, 0.29) is 19.0 Å². The Hall–Kier alpha value is -2.68. The van der Waals surface area contributed by atoms with E-state index in [1.165, 1.54) is 0 Å². The molecular weight excluding hydrogens is 334 g/mol. The molecule has 138 valence electrons. The molecule has 0 aliphatic heterocycles. The summed E-state index contributed by atoms with van der Waals surface area (Å²) in [6, 6.07) is 8.90. The van der Waals surface area contributed by atoms with Crippen molar-refractivity contribution in [3.05, 3.63) is 47.8 Å². The molecule has 3 rings (SSSR count). The number of hydrogen-bond donors (Lipinski definition) is 5. The lowest BCUT2D eigenvalue weighted by Gasteiger charge is -2.11. The summed E-state index contributed by atoms with van der Waals surface area (Å²) in [5.74, 6) is 0.794. The Morgan fingerprint density at radius 3 is 2.73 bits per heavy atom. The molecule has 0 saturated carbocycles. The maximum absolute atomic E-state index is 10.0. The summed E-state index contributed by atoms with van der Waals surface area (Å²) in [5, 5.41) is 34.6. The Labute approximate surface area is 151 Å². The fourth-order valence-electron chi connectivity index (χ4n) is 2.74. The fourth-order valence-corrected chi connectivity index (χ4v) is 2.74. The molecule has 0 amide bonds. The van der Waals surface area contributed by atoms with E-state index in [0.717, 1.165) is 16.6 Å². The van der Waals surface area contributed by atoms with Gasteiger partial charge in [-0.15, -0.1) is 0 Å². The molecule has 2 heterocycles. The number of anilines is 1. The van der Waals surface area contributed by atoms with Gasteiger partial charge in [-0.05, 0) is 29.8 Å². The minimum absolute atomic E-state index is 0.0440. The van der Waals surface area contributed by atoms with Gasteiger partial charge < -0.3 is 30.5 Å². The molecule has 0 aliphatic rings. The van der Waals surface area contributed by atoms with Crippen LogP contribution in [0.2, 0.25) is 0 Å². The van der Waals surface area contributed by atoms with E-state index >= 15 is 0 Å². The van der Waals surface area contributed by atoms with E-state index in [2.05, 4.69) is 20.6 Å². The first kappa shape index (κ1) is 18.1. The van der Waals surface area contributed by atoms with E-state index in [9.17, 15) is 10.2 Å². The number of benzene rings is 1. The second-order valence-corrected chi connectivity index (χ2v) is 5.87. The number of nitrogens with one attached hydrogen (secondary N) is 2. The average molecular weight is 357 g/mol. The molecule has 0 bridgehead atoms. The number of hydrogen-bond acceptors (Lipinski definition) is 7. The predicted molar refractivity (Wildman–Crippen MR) is 99.1 cm³/mol. The second-order valence-electron chi connectivity index (χ2n) is 5.87. The fraction of sp³-hybridized carbons (Fsp3) is 0.333. The van der Waals surface area contributed by atoms with Gasteiger partial charge in [-0.1, -0.05) is 6.07 Å². The van der Waals surface area contributed by atoms with Crippen LogP contribution < -0.4 is 10.6 Å². The van der Waals surface area contributed by atoms with Gasteiger partial charge in [0.1, 0.15) is 11.4 Å². The average Bonchev–Trinajstić information content (AvgIpc) is 3.00. The van der Waals surface area contributed by atoms with E-state index in [0.29, 0.717) is 37.8 Å². The number of fused-ring (bicyclic) bond motifs is 1. The molecule has 26 heavy (non-hydrogen) atoms. The number of rotatable bonds is 9. The van der Waals surface area contributed by atoms with Crippen molar-refractivity contribution in [2.45, 2.75) is 13.2 Å². The number of aromatic hydroxyl groups is 1. The third-order valence-electron chi connectivity index (χ3n) is 4.04. The van der Waals surface area contributed by atoms with Gasteiger partial charge in [0.25, 0.3) is 0 Å². The van der Waals surface area contributed by atoms with Crippen LogP contribution in [0.3, 0.4) is 0 Å². The molecular formula is C18H23N5O3. The maximum atomic E-state index is 10.0. The smallest absolute Gasteiger partial charge is 0.204 e. The zero-order chi connectivity index (χ0) is 18.4. The third kappa shape index (κ3) is 4.10. The van der Waals surface area contributed by atoms with Crippen LogP contribution in [0.25, 0.3) is 11.0 Å². The highest BCUT2D eigenvalue weighted by molar-refractivity contribution is 5.79. The lowest BCUT2D eigenvalue weighted by molar-refractivity contribution is 0.282. The molecule has 8 nitrogen and oxygen atoms in total. The lowest BCUT2D eigenvalue weighted by Crippen LogP contribution is -2.25. The van der Waals surface area contributed by atoms with Gasteiger partial charge in [-0.25, -0.2) is 4.98 Å². The van der Waals surface area contributed by atoms with E-state index in [1.807, 2.05) is 22.8 Å². The molecule has 0 saturated heterocycles. The molecule has 0 unspecified atom stereocenters. The van der Waals surface area contributed by atoms with Crippen molar-refractivity contribution in [1.82, 2.24) is 19.9 Å². The van der Waals surface area contributed by atoms with Gasteiger partial charge in [-0.3, -0.25) is 4.98 Å². The van der Waals surface area contributed by atoms with Crippen LogP contribution in [0.5, 0.6) is 5.75 Å². The monoisotopic (exact) mass is 357 g/mol. The number of aliphatic hydroxyl groups is 2. The highest BCUT2D eigenvalue weighted by Gasteiger charge is 2.13. The van der Waals surface area contributed by atoms with Gasteiger partial charge in [-0.2, -0.15) is 0 Å². The number of aromatic nitrogens is 3. The van der Waals surface area contributed by atoms with Crippen LogP contribution >= 0.6 is 0 Å². The standard InChI is InChI=1S/C18H23N5O3/c24-9-8-19-6-7-21-18-22-14-10-13(12-25)3-4-16(14)23(18)11-15-17(26)2-1-5-20-15/h1-5,10,19,24-26H,6-9,11-12H2,(H,21,22). The molecule has 8 heteroatoms. The summed E-state index contributed by atoms with van der Waals surface area (Å²) in [4.78, 5) is 8.87. The summed E-state index contributed by atoms with van der Waals surface area (Å²) in [6.07, 6.45) is 1.64. The Bertz CT molecular complexity index is 865. The summed E-state index contributed by atoms with van der Waals surface area (Å²) in [6.45, 7) is 2.28. The molecule has 2 aromatic heterocycles. The van der Waals surface area contributed by atoms with Crippen LogP contribution in [0.15, 0.2) is 36.5 Å². The Morgan fingerprint density at radius 1 is 1.08 bits per heavy atom. The van der Waals surface area contributed by atoms with Gasteiger partial charge >= 0.3 is 0 Å². The number of imidazole rings is 1. The first-order valence-corrected chi connectivity index (χ1v) is 8.51. The highest BCUT2D eigenvalue weighted by Crippen LogP contribution is 2.24. The zero-order valence-electron chi connectivity index (χ0n) is 14.4. The molecule has 0 atom stereocenters. The van der Waals surface area contributed by atoms with Gasteiger partial charge in [0.05, 0.1) is 30.8 Å². The van der Waals surface area contributed by atoms with Crippen LogP contribution in [0.4, 0.5) is 5.95 Å². The van der Waals surface area contributed by atoms with Crippen molar-refractivity contribution in [3.8, 4) is 5.75 Å². The van der Waals surface area contributed by atoms with Crippen molar-refractivity contribution < 1.29 is 15.3 Å². The molecule has 3 aromatic rings. The van der Waals surface area contributed by atoms with Crippen molar-refractivity contribution >= 4 is 17.0 Å². The lowest BCUT2D eigenvalue weighted by atomic mass is 10.2. The van der Waals surface area contributed by atoms with Crippen LogP contribution in [-0.2, 0) is 13.2 Å². The minimum Gasteiger partial charge on any atom is -0.506 e. The molecule has 5 N–H and O–H groups in total. The highest BCUT2D eigenvalue weighted by atomic mass is 16.3. The normalized spacial score (nSPS) is 11.2. The van der Waals surface area contributed by atoms with Crippen molar-refractivity contribution in [3.63, 3.8) is 0 Å². The maximum Gasteiger partial charge on any atom is 0.204 e. The summed E-state index contributed by atoms with van der Waals surface area (Å²) >= 11 is 0. The van der Waals surface area contributed by atoms with Crippen LogP contribution in [0, 0.1) is 0 Å². The van der Waals surface area contributed by atoms with Crippen molar-refractivity contribution in [2.75, 3.05) is 31.6 Å². The van der Waals surface area contributed by atoms with E-state index in [1.54, 1.807) is 18.3 Å². The summed E-state index contributed by atoms with van der Waals surface area (Å²) in [7, 11) is 0. The Morgan fingerprint density at radius 2 is 1.96 bits per heavy atom. The number of aliphatic hydroxyl groups excluding tert-OH is 2.